The van der Waals surface area contributed by atoms with Crippen molar-refractivity contribution in [1.82, 2.24) is 0 Å². The van der Waals surface area contributed by atoms with Gasteiger partial charge in [0.25, 0.3) is 0 Å². The third-order valence-corrected chi connectivity index (χ3v) is 5.77. The van der Waals surface area contributed by atoms with Crippen LogP contribution in [-0.4, -0.2) is 77.7 Å². The SMILES string of the molecule is COc1cc(OC)c2c(c1)OC(c1ccc(O[C@@H]3O[C@H](CO)[C@@H](O)[C@H](O)[C@H]3O)cc1)CC2=O. The Morgan fingerprint density at radius 1 is 0.970 bits per heavy atom. The van der Waals surface area contributed by atoms with Gasteiger partial charge in [0.1, 0.15) is 59.1 Å². The molecule has 2 aromatic rings. The van der Waals surface area contributed by atoms with Gasteiger partial charge in [-0.3, -0.25) is 4.79 Å². The lowest BCUT2D eigenvalue weighted by Gasteiger charge is -2.39. The van der Waals surface area contributed by atoms with Crippen LogP contribution in [0.15, 0.2) is 36.4 Å². The maximum Gasteiger partial charge on any atom is 0.229 e. The Morgan fingerprint density at radius 3 is 2.33 bits per heavy atom. The molecule has 33 heavy (non-hydrogen) atoms. The Bertz CT molecular complexity index is 989. The van der Waals surface area contributed by atoms with E-state index in [2.05, 4.69) is 0 Å². The molecule has 2 aromatic carbocycles. The van der Waals surface area contributed by atoms with Gasteiger partial charge in [-0.25, -0.2) is 0 Å². The summed E-state index contributed by atoms with van der Waals surface area (Å²) >= 11 is 0. The van der Waals surface area contributed by atoms with E-state index in [-0.39, 0.29) is 12.2 Å². The summed E-state index contributed by atoms with van der Waals surface area (Å²) in [6.07, 6.45) is -7.28. The molecule has 1 saturated heterocycles. The van der Waals surface area contributed by atoms with E-state index in [4.69, 9.17) is 23.7 Å². The summed E-state index contributed by atoms with van der Waals surface area (Å²) in [5.74, 6) is 1.45. The van der Waals surface area contributed by atoms with Crippen LogP contribution in [0.25, 0.3) is 0 Å². The number of aliphatic hydroxyl groups is 4. The predicted molar refractivity (Wildman–Crippen MR) is 113 cm³/mol. The Kier molecular flexibility index (Phi) is 6.73. The highest BCUT2D eigenvalue weighted by Gasteiger charge is 2.44. The number of hydrogen-bond donors (Lipinski definition) is 4. The van der Waals surface area contributed by atoms with E-state index in [0.29, 0.717) is 28.6 Å². The van der Waals surface area contributed by atoms with Crippen molar-refractivity contribution in [2.45, 2.75) is 43.2 Å². The molecule has 4 rings (SSSR count). The van der Waals surface area contributed by atoms with Gasteiger partial charge in [0.05, 0.1) is 27.2 Å². The molecule has 0 amide bonds. The maximum absolute atomic E-state index is 12.8. The molecule has 0 bridgehead atoms. The van der Waals surface area contributed by atoms with Crippen molar-refractivity contribution < 1.29 is 48.9 Å². The summed E-state index contributed by atoms with van der Waals surface area (Å²) in [4.78, 5) is 12.8. The highest BCUT2D eigenvalue weighted by Crippen LogP contribution is 2.42. The molecule has 6 atom stereocenters. The third kappa shape index (κ3) is 4.48. The molecule has 0 saturated carbocycles. The van der Waals surface area contributed by atoms with Crippen molar-refractivity contribution in [3.63, 3.8) is 0 Å². The highest BCUT2D eigenvalue weighted by atomic mass is 16.7. The van der Waals surface area contributed by atoms with Gasteiger partial charge in [-0.2, -0.15) is 0 Å². The molecule has 1 unspecified atom stereocenters. The van der Waals surface area contributed by atoms with Crippen molar-refractivity contribution in [1.29, 1.82) is 0 Å². The van der Waals surface area contributed by atoms with Crippen LogP contribution in [0.5, 0.6) is 23.0 Å². The second kappa shape index (κ2) is 9.54. The minimum absolute atomic E-state index is 0.114. The van der Waals surface area contributed by atoms with Gasteiger partial charge in [0.15, 0.2) is 5.78 Å². The molecular formula is C23H26O10. The fourth-order valence-corrected chi connectivity index (χ4v) is 3.92. The lowest BCUT2D eigenvalue weighted by Crippen LogP contribution is -2.60. The number of carbonyl (C=O) groups is 1. The second-order valence-electron chi connectivity index (χ2n) is 7.82. The number of hydrogen-bond acceptors (Lipinski definition) is 10. The van der Waals surface area contributed by atoms with Crippen LogP contribution in [0, 0.1) is 0 Å². The van der Waals surface area contributed by atoms with Crippen LogP contribution in [0.4, 0.5) is 0 Å². The molecule has 10 nitrogen and oxygen atoms in total. The summed E-state index contributed by atoms with van der Waals surface area (Å²) < 4.78 is 27.6. The number of ketones is 1. The number of fused-ring (bicyclic) bond motifs is 1. The first-order valence-corrected chi connectivity index (χ1v) is 10.4. The molecule has 4 N–H and O–H groups in total. The van der Waals surface area contributed by atoms with Crippen molar-refractivity contribution in [3.05, 3.63) is 47.5 Å². The van der Waals surface area contributed by atoms with Gasteiger partial charge in [0.2, 0.25) is 6.29 Å². The molecule has 2 heterocycles. The zero-order valence-corrected chi connectivity index (χ0v) is 18.1. The molecule has 0 aliphatic carbocycles. The molecule has 178 valence electrons. The normalized spacial score (nSPS) is 29.1. The number of benzene rings is 2. The number of ether oxygens (including phenoxy) is 5. The summed E-state index contributed by atoms with van der Waals surface area (Å²) in [5, 5.41) is 39.2. The Morgan fingerprint density at radius 2 is 1.70 bits per heavy atom. The summed E-state index contributed by atoms with van der Waals surface area (Å²) in [6, 6.07) is 9.89. The number of rotatable bonds is 6. The van der Waals surface area contributed by atoms with E-state index in [9.17, 15) is 25.2 Å². The third-order valence-electron chi connectivity index (χ3n) is 5.77. The summed E-state index contributed by atoms with van der Waals surface area (Å²) in [7, 11) is 2.99. The molecule has 1 fully saturated rings. The molecule has 10 heteroatoms. The van der Waals surface area contributed by atoms with E-state index in [1.54, 1.807) is 36.4 Å². The Balaban J connectivity index is 1.50. The first kappa shape index (κ1) is 23.3. The summed E-state index contributed by atoms with van der Waals surface area (Å²) in [6.45, 7) is -0.548. The molecule has 0 aromatic heterocycles. The van der Waals surface area contributed by atoms with Crippen LogP contribution in [-0.2, 0) is 4.74 Å². The first-order chi connectivity index (χ1) is 15.9. The standard InChI is InChI=1S/C23H26O10/c1-29-13-7-16(30-2)19-14(25)9-15(32-17(19)8-13)11-3-5-12(6-4-11)31-23-22(28)21(27)20(26)18(10-24)33-23/h3-8,15,18,20-24,26-28H,9-10H2,1-2H3/t15?,18-,20-,21+,22-,23-/m1/s1. The zero-order valence-electron chi connectivity index (χ0n) is 18.1. The fraction of sp³-hybridized carbons (Fsp3) is 0.435. The van der Waals surface area contributed by atoms with Crippen molar-refractivity contribution >= 4 is 5.78 Å². The van der Waals surface area contributed by atoms with Crippen LogP contribution in [0.3, 0.4) is 0 Å². The number of carbonyl (C=O) groups excluding carboxylic acids is 1. The predicted octanol–water partition coefficient (Wildman–Crippen LogP) is 0.589. The van der Waals surface area contributed by atoms with Crippen LogP contribution >= 0.6 is 0 Å². The van der Waals surface area contributed by atoms with E-state index in [1.807, 2.05) is 0 Å². The molecule has 2 aliphatic heterocycles. The Labute approximate surface area is 189 Å². The lowest BCUT2D eigenvalue weighted by atomic mass is 9.95. The maximum atomic E-state index is 12.8. The molecule has 0 radical (unpaired) electrons. The lowest BCUT2D eigenvalue weighted by molar-refractivity contribution is -0.277. The van der Waals surface area contributed by atoms with Crippen molar-refractivity contribution in [2.75, 3.05) is 20.8 Å². The fourth-order valence-electron chi connectivity index (χ4n) is 3.92. The molecular weight excluding hydrogens is 436 g/mol. The smallest absolute Gasteiger partial charge is 0.229 e. The van der Waals surface area contributed by atoms with E-state index < -0.39 is 43.4 Å². The first-order valence-electron chi connectivity index (χ1n) is 10.4. The largest absolute Gasteiger partial charge is 0.496 e. The Hall–Kier alpha value is -2.89. The monoisotopic (exact) mass is 462 g/mol. The van der Waals surface area contributed by atoms with Crippen LogP contribution in [0.1, 0.15) is 28.4 Å². The number of aliphatic hydroxyl groups excluding tert-OH is 4. The minimum Gasteiger partial charge on any atom is -0.496 e. The highest BCUT2D eigenvalue weighted by molar-refractivity contribution is 6.02. The van der Waals surface area contributed by atoms with Gasteiger partial charge in [-0.15, -0.1) is 0 Å². The molecule has 0 spiro atoms. The van der Waals surface area contributed by atoms with E-state index in [1.165, 1.54) is 14.2 Å². The average Bonchev–Trinajstić information content (AvgIpc) is 2.83. The quantitative estimate of drug-likeness (QED) is 0.481. The topological polar surface area (TPSA) is 144 Å². The molecule has 2 aliphatic rings. The van der Waals surface area contributed by atoms with Crippen LogP contribution < -0.4 is 18.9 Å². The van der Waals surface area contributed by atoms with Gasteiger partial charge < -0.3 is 44.1 Å². The van der Waals surface area contributed by atoms with Crippen molar-refractivity contribution in [2.24, 2.45) is 0 Å². The number of Topliss-reactive ketones (excluding diaryl/α,β-unsaturated/α-hetero) is 1. The zero-order chi connectivity index (χ0) is 23.7. The summed E-state index contributed by atoms with van der Waals surface area (Å²) in [5.41, 5.74) is 1.09. The second-order valence-corrected chi connectivity index (χ2v) is 7.82. The average molecular weight is 462 g/mol. The van der Waals surface area contributed by atoms with Gasteiger partial charge in [-0.1, -0.05) is 12.1 Å². The minimum atomic E-state index is -1.53. The van der Waals surface area contributed by atoms with Gasteiger partial charge in [0, 0.05) is 12.1 Å². The number of methoxy groups -OCH3 is 2. The van der Waals surface area contributed by atoms with E-state index >= 15 is 0 Å². The van der Waals surface area contributed by atoms with Gasteiger partial charge >= 0.3 is 0 Å². The van der Waals surface area contributed by atoms with Gasteiger partial charge in [-0.05, 0) is 17.7 Å². The van der Waals surface area contributed by atoms with E-state index in [0.717, 1.165) is 5.56 Å². The van der Waals surface area contributed by atoms with Crippen LogP contribution in [0.2, 0.25) is 0 Å². The van der Waals surface area contributed by atoms with Crippen molar-refractivity contribution in [3.8, 4) is 23.0 Å².